The van der Waals surface area contributed by atoms with E-state index in [9.17, 15) is 14.4 Å². The van der Waals surface area contributed by atoms with Gasteiger partial charge in [-0.3, -0.25) is 18.7 Å². The highest BCUT2D eigenvalue weighted by Gasteiger charge is 2.17. The minimum Gasteiger partial charge on any atom is -0.324 e. The molecule has 9 heteroatoms. The predicted octanol–water partition coefficient (Wildman–Crippen LogP) is 2.93. The van der Waals surface area contributed by atoms with Crippen LogP contribution < -0.4 is 16.6 Å². The molecular weight excluding hydrogens is 418 g/mol. The molecule has 0 fully saturated rings. The highest BCUT2D eigenvalue weighted by atomic mass is 35.5. The Morgan fingerprint density at radius 2 is 1.84 bits per heavy atom. The van der Waals surface area contributed by atoms with Gasteiger partial charge in [-0.15, -0.1) is 0 Å². The Morgan fingerprint density at radius 1 is 1.06 bits per heavy atom. The molecule has 2 aromatic heterocycles. The van der Waals surface area contributed by atoms with Crippen LogP contribution in [0.4, 0.5) is 5.69 Å². The second-order valence-electron chi connectivity index (χ2n) is 6.77. The van der Waals surface area contributed by atoms with Crippen molar-refractivity contribution in [3.8, 4) is 11.4 Å². The fourth-order valence-electron chi connectivity index (χ4n) is 3.26. The van der Waals surface area contributed by atoms with Crippen molar-refractivity contribution in [3.05, 3.63) is 86.7 Å². The predicted molar refractivity (Wildman–Crippen MR) is 119 cm³/mol. The first kappa shape index (κ1) is 20.5. The maximum Gasteiger partial charge on any atom is 0.333 e. The lowest BCUT2D eigenvalue weighted by Gasteiger charge is -2.13. The molecule has 0 unspecified atom stereocenters. The summed E-state index contributed by atoms with van der Waals surface area (Å²) in [4.78, 5) is 47.2. The number of aryl methyl sites for hydroxylation is 1. The number of anilines is 1. The van der Waals surface area contributed by atoms with Crippen molar-refractivity contribution in [2.75, 3.05) is 5.32 Å². The summed E-state index contributed by atoms with van der Waals surface area (Å²) < 4.78 is 2.24. The Morgan fingerprint density at radius 3 is 2.55 bits per heavy atom. The molecule has 1 amide bonds. The van der Waals surface area contributed by atoms with Crippen LogP contribution in [0.3, 0.4) is 0 Å². The molecule has 0 atom stereocenters. The molecule has 31 heavy (non-hydrogen) atoms. The van der Waals surface area contributed by atoms with Crippen LogP contribution in [0.25, 0.3) is 22.4 Å². The zero-order valence-corrected chi connectivity index (χ0v) is 17.3. The average Bonchev–Trinajstić information content (AvgIpc) is 2.77. The maximum absolute atomic E-state index is 13.0. The van der Waals surface area contributed by atoms with E-state index < -0.39 is 23.7 Å². The molecular formula is C22H18ClN5O3. The van der Waals surface area contributed by atoms with E-state index in [1.807, 2.05) is 30.3 Å². The summed E-state index contributed by atoms with van der Waals surface area (Å²) >= 11 is 5.93. The number of carbonyl (C=O) groups is 1. The number of benzene rings is 2. The molecule has 0 bridgehead atoms. The van der Waals surface area contributed by atoms with Gasteiger partial charge >= 0.3 is 5.69 Å². The topological polar surface area (TPSA) is 98.9 Å². The Kier molecular flexibility index (Phi) is 5.64. The Labute approximate surface area is 181 Å². The number of rotatable bonds is 5. The molecule has 156 valence electrons. The van der Waals surface area contributed by atoms with E-state index >= 15 is 0 Å². The largest absolute Gasteiger partial charge is 0.333 e. The smallest absolute Gasteiger partial charge is 0.324 e. The number of nitrogens with zero attached hydrogens (tertiary/aromatic N) is 4. The number of hydrogen-bond donors (Lipinski definition) is 1. The van der Waals surface area contributed by atoms with Crippen molar-refractivity contribution in [1.82, 2.24) is 19.1 Å². The van der Waals surface area contributed by atoms with Gasteiger partial charge in [-0.2, -0.15) is 0 Å². The fraction of sp³-hybridized carbons (Fsp3) is 0.136. The molecule has 0 aliphatic rings. The quantitative estimate of drug-likeness (QED) is 0.519. The second kappa shape index (κ2) is 8.53. The molecule has 0 spiro atoms. The summed E-state index contributed by atoms with van der Waals surface area (Å²) in [6.07, 6.45) is 1.39. The number of amides is 1. The minimum absolute atomic E-state index is 0.164. The van der Waals surface area contributed by atoms with Gasteiger partial charge in [-0.05, 0) is 25.1 Å². The molecule has 0 aliphatic heterocycles. The van der Waals surface area contributed by atoms with Gasteiger partial charge in [0.15, 0.2) is 11.5 Å². The lowest BCUT2D eigenvalue weighted by Crippen LogP contribution is -2.42. The van der Waals surface area contributed by atoms with E-state index in [1.54, 1.807) is 31.2 Å². The van der Waals surface area contributed by atoms with Gasteiger partial charge in [0.1, 0.15) is 11.9 Å². The van der Waals surface area contributed by atoms with Gasteiger partial charge in [0.2, 0.25) is 5.91 Å². The monoisotopic (exact) mass is 435 g/mol. The van der Waals surface area contributed by atoms with Gasteiger partial charge in [-0.1, -0.05) is 48.0 Å². The second-order valence-corrected chi connectivity index (χ2v) is 7.21. The van der Waals surface area contributed by atoms with Crippen LogP contribution in [0, 0.1) is 0 Å². The summed E-state index contributed by atoms with van der Waals surface area (Å²) in [5.41, 5.74) is 0.241. The van der Waals surface area contributed by atoms with Crippen molar-refractivity contribution < 1.29 is 4.79 Å². The molecule has 4 aromatic rings. The van der Waals surface area contributed by atoms with Crippen LogP contribution in [0.5, 0.6) is 0 Å². The van der Waals surface area contributed by atoms with Crippen LogP contribution in [0.1, 0.15) is 6.92 Å². The standard InChI is InChI=1S/C22H18ClN5O3/c1-2-27-20-17(12-24-19(26-20)14-7-4-3-5-8-14)21(30)28(22(27)31)13-18(29)25-16-10-6-9-15(23)11-16/h3-12H,2,13H2,1H3,(H,25,29). The molecule has 8 nitrogen and oxygen atoms in total. The summed E-state index contributed by atoms with van der Waals surface area (Å²) in [5.74, 6) is -0.115. The number of nitrogens with one attached hydrogen (secondary N) is 1. The molecule has 0 saturated carbocycles. The summed E-state index contributed by atoms with van der Waals surface area (Å²) in [6.45, 7) is 1.60. The third kappa shape index (κ3) is 4.10. The van der Waals surface area contributed by atoms with Gasteiger partial charge in [0, 0.05) is 29.0 Å². The number of halogens is 1. The first-order valence-corrected chi connectivity index (χ1v) is 9.97. The van der Waals surface area contributed by atoms with Crippen LogP contribution in [0.15, 0.2) is 70.4 Å². The number of aromatic nitrogens is 4. The average molecular weight is 436 g/mol. The van der Waals surface area contributed by atoms with Crippen molar-refractivity contribution in [1.29, 1.82) is 0 Å². The Balaban J connectivity index is 1.75. The van der Waals surface area contributed by atoms with Crippen molar-refractivity contribution >= 4 is 34.2 Å². The third-order valence-corrected chi connectivity index (χ3v) is 4.96. The summed E-state index contributed by atoms with van der Waals surface area (Å²) in [7, 11) is 0. The van der Waals surface area contributed by atoms with Gasteiger partial charge < -0.3 is 5.32 Å². The van der Waals surface area contributed by atoms with E-state index in [2.05, 4.69) is 15.3 Å². The maximum atomic E-state index is 13.0. The highest BCUT2D eigenvalue weighted by Crippen LogP contribution is 2.16. The van der Waals surface area contributed by atoms with Gasteiger partial charge in [0.25, 0.3) is 5.56 Å². The highest BCUT2D eigenvalue weighted by molar-refractivity contribution is 6.30. The van der Waals surface area contributed by atoms with Crippen molar-refractivity contribution in [2.45, 2.75) is 20.0 Å². The Hall–Kier alpha value is -3.78. The SMILES string of the molecule is CCn1c(=O)n(CC(=O)Nc2cccc(Cl)c2)c(=O)c2cnc(-c3ccccc3)nc21. The minimum atomic E-state index is -0.620. The zero-order chi connectivity index (χ0) is 22.0. The van der Waals surface area contributed by atoms with Crippen LogP contribution in [-0.4, -0.2) is 25.0 Å². The number of fused-ring (bicyclic) bond motifs is 1. The molecule has 0 aliphatic carbocycles. The number of carbonyl (C=O) groups excluding carboxylic acids is 1. The van der Waals surface area contributed by atoms with Crippen LogP contribution >= 0.6 is 11.6 Å². The molecule has 0 saturated heterocycles. The van der Waals surface area contributed by atoms with Gasteiger partial charge in [-0.25, -0.2) is 14.8 Å². The van der Waals surface area contributed by atoms with Crippen LogP contribution in [0.2, 0.25) is 5.02 Å². The van der Waals surface area contributed by atoms with E-state index in [-0.39, 0.29) is 17.6 Å². The summed E-state index contributed by atoms with van der Waals surface area (Å²) in [6, 6.07) is 15.9. The van der Waals surface area contributed by atoms with E-state index in [1.165, 1.54) is 10.8 Å². The Bertz CT molecular complexity index is 1400. The van der Waals surface area contributed by atoms with Crippen molar-refractivity contribution in [2.24, 2.45) is 0 Å². The molecule has 2 heterocycles. The molecule has 2 aromatic carbocycles. The summed E-state index contributed by atoms with van der Waals surface area (Å²) in [5, 5.41) is 3.26. The van der Waals surface area contributed by atoms with E-state index in [4.69, 9.17) is 11.6 Å². The lowest BCUT2D eigenvalue weighted by molar-refractivity contribution is -0.116. The van der Waals surface area contributed by atoms with Gasteiger partial charge in [0.05, 0.1) is 0 Å². The fourth-order valence-corrected chi connectivity index (χ4v) is 3.45. The zero-order valence-electron chi connectivity index (χ0n) is 16.6. The van der Waals surface area contributed by atoms with Crippen LogP contribution in [-0.2, 0) is 17.9 Å². The van der Waals surface area contributed by atoms with Crippen molar-refractivity contribution in [3.63, 3.8) is 0 Å². The third-order valence-electron chi connectivity index (χ3n) is 4.72. The number of hydrogen-bond acceptors (Lipinski definition) is 5. The molecule has 1 N–H and O–H groups in total. The first-order chi connectivity index (χ1) is 15.0. The lowest BCUT2D eigenvalue weighted by atomic mass is 10.2. The first-order valence-electron chi connectivity index (χ1n) is 9.59. The van der Waals surface area contributed by atoms with E-state index in [0.29, 0.717) is 16.5 Å². The molecule has 4 rings (SSSR count). The van der Waals surface area contributed by atoms with E-state index in [0.717, 1.165) is 10.1 Å². The molecule has 0 radical (unpaired) electrons. The normalized spacial score (nSPS) is 10.9.